The van der Waals surface area contributed by atoms with Crippen molar-refractivity contribution in [3.05, 3.63) is 44.5 Å². The highest BCUT2D eigenvalue weighted by atomic mass is 79.9. The summed E-state index contributed by atoms with van der Waals surface area (Å²) in [4.78, 5) is 0. The molecular weight excluding hydrogens is 284 g/mol. The second kappa shape index (κ2) is 4.47. The summed E-state index contributed by atoms with van der Waals surface area (Å²) < 4.78 is 1.77. The van der Waals surface area contributed by atoms with Gasteiger partial charge in [-0.1, -0.05) is 40.3 Å². The zero-order valence-corrected chi connectivity index (χ0v) is 11.4. The van der Waals surface area contributed by atoms with E-state index in [0.717, 1.165) is 26.9 Å². The number of halogens is 1. The lowest BCUT2D eigenvalue weighted by atomic mass is 10.0. The Morgan fingerprint density at radius 1 is 1.12 bits per heavy atom. The Labute approximate surface area is 108 Å². The van der Waals surface area contributed by atoms with Gasteiger partial charge in [0.05, 0.1) is 5.69 Å². The molecule has 0 amide bonds. The van der Waals surface area contributed by atoms with E-state index in [1.807, 2.05) is 38.1 Å². The first-order valence-corrected chi connectivity index (χ1v) is 6.11. The van der Waals surface area contributed by atoms with Crippen LogP contribution in [0, 0.1) is 18.5 Å². The predicted molar refractivity (Wildman–Crippen MR) is 72.0 cm³/mol. The second-order valence-electron chi connectivity index (χ2n) is 3.66. The molecule has 0 unspecified atom stereocenters. The normalized spacial score (nSPS) is 10.4. The first-order chi connectivity index (χ1) is 7.59. The summed E-state index contributed by atoms with van der Waals surface area (Å²) in [6.45, 7) is 4.06. The summed E-state index contributed by atoms with van der Waals surface area (Å²) in [7, 11) is 0. The zero-order chi connectivity index (χ0) is 11.7. The van der Waals surface area contributed by atoms with E-state index in [9.17, 15) is 0 Å². The van der Waals surface area contributed by atoms with Crippen LogP contribution < -0.4 is 0 Å². The van der Waals surface area contributed by atoms with E-state index < -0.39 is 0 Å². The van der Waals surface area contributed by atoms with Crippen LogP contribution in [-0.2, 0) is 0 Å². The van der Waals surface area contributed by atoms with Crippen LogP contribution in [-0.4, -0.2) is 10.2 Å². The Bertz CT molecular complexity index is 573. The minimum absolute atomic E-state index is 0.707. The Kier molecular flexibility index (Phi) is 3.21. The maximum atomic E-state index is 5.15. The first kappa shape index (κ1) is 11.5. The number of aromatic amines is 1. The van der Waals surface area contributed by atoms with Gasteiger partial charge < -0.3 is 0 Å². The van der Waals surface area contributed by atoms with E-state index in [0.29, 0.717) is 4.64 Å². The molecule has 82 valence electrons. The summed E-state index contributed by atoms with van der Waals surface area (Å²) in [5.74, 6) is 0. The fraction of sp³-hybridized carbons (Fsp3) is 0.167. The molecule has 0 aliphatic rings. The Hall–Kier alpha value is -1.000. The number of hydrogen-bond donors (Lipinski definition) is 1. The third-order valence-corrected chi connectivity index (χ3v) is 3.57. The molecule has 0 saturated carbocycles. The molecule has 1 N–H and O–H groups in total. The van der Waals surface area contributed by atoms with Crippen LogP contribution in [0.4, 0.5) is 0 Å². The summed E-state index contributed by atoms with van der Waals surface area (Å²) in [6.07, 6.45) is 0. The van der Waals surface area contributed by atoms with Crippen LogP contribution in [0.25, 0.3) is 11.3 Å². The summed E-state index contributed by atoms with van der Waals surface area (Å²) >= 11 is 8.56. The zero-order valence-electron chi connectivity index (χ0n) is 9.04. The van der Waals surface area contributed by atoms with E-state index in [-0.39, 0.29) is 0 Å². The minimum Gasteiger partial charge on any atom is -0.267 e. The molecule has 2 aromatic rings. The number of rotatable bonds is 1. The van der Waals surface area contributed by atoms with Crippen molar-refractivity contribution in [2.24, 2.45) is 0 Å². The van der Waals surface area contributed by atoms with Crippen LogP contribution >= 0.6 is 28.1 Å². The van der Waals surface area contributed by atoms with Crippen molar-refractivity contribution < 1.29 is 0 Å². The van der Waals surface area contributed by atoms with Gasteiger partial charge in [-0.25, -0.2) is 0 Å². The fourth-order valence-corrected chi connectivity index (χ4v) is 1.97. The van der Waals surface area contributed by atoms with E-state index in [4.69, 9.17) is 12.2 Å². The highest BCUT2D eigenvalue weighted by Gasteiger charge is 2.06. The fourth-order valence-electron chi connectivity index (χ4n) is 1.51. The number of H-pyrrole nitrogens is 1. The lowest BCUT2D eigenvalue weighted by Crippen LogP contribution is -1.96. The highest BCUT2D eigenvalue weighted by molar-refractivity contribution is 9.10. The second-order valence-corrected chi connectivity index (χ2v) is 4.98. The van der Waals surface area contributed by atoms with E-state index >= 15 is 0 Å². The largest absolute Gasteiger partial charge is 0.267 e. The molecule has 1 heterocycles. The van der Waals surface area contributed by atoms with Crippen LogP contribution in [0.1, 0.15) is 11.1 Å². The monoisotopic (exact) mass is 294 g/mol. The summed E-state index contributed by atoms with van der Waals surface area (Å²) in [5, 5.41) is 7.17. The molecule has 0 bridgehead atoms. The molecular formula is C12H11BrN2S. The van der Waals surface area contributed by atoms with Gasteiger partial charge in [0.2, 0.25) is 0 Å². The number of aromatic nitrogens is 2. The van der Waals surface area contributed by atoms with Gasteiger partial charge in [-0.05, 0) is 37.1 Å². The average molecular weight is 295 g/mol. The van der Waals surface area contributed by atoms with E-state index in [2.05, 4.69) is 26.1 Å². The van der Waals surface area contributed by atoms with Crippen LogP contribution in [0.15, 0.2) is 28.7 Å². The molecule has 2 rings (SSSR count). The SMILES string of the molecule is Cc1c(-c2ccc(Br)cc2)n[nH]c(=S)c1C. The van der Waals surface area contributed by atoms with Crippen molar-refractivity contribution in [2.75, 3.05) is 0 Å². The van der Waals surface area contributed by atoms with E-state index in [1.54, 1.807) is 0 Å². The van der Waals surface area contributed by atoms with Crippen molar-refractivity contribution in [2.45, 2.75) is 13.8 Å². The molecule has 0 saturated heterocycles. The molecule has 0 aliphatic heterocycles. The standard InChI is InChI=1S/C12H11BrN2S/c1-7-8(2)12(16)15-14-11(7)9-3-5-10(13)6-4-9/h3-6H,1-2H3,(H,15,16). The quantitative estimate of drug-likeness (QED) is 0.799. The van der Waals surface area contributed by atoms with Gasteiger partial charge in [0.15, 0.2) is 0 Å². The number of nitrogens with zero attached hydrogens (tertiary/aromatic N) is 1. The van der Waals surface area contributed by atoms with Gasteiger partial charge in [0.25, 0.3) is 0 Å². The predicted octanol–water partition coefficient (Wildman–Crippen LogP) is 4.19. The average Bonchev–Trinajstić information content (AvgIpc) is 2.28. The summed E-state index contributed by atoms with van der Waals surface area (Å²) in [5.41, 5.74) is 4.27. The summed E-state index contributed by atoms with van der Waals surface area (Å²) in [6, 6.07) is 8.09. The van der Waals surface area contributed by atoms with Crippen molar-refractivity contribution in [3.63, 3.8) is 0 Å². The van der Waals surface area contributed by atoms with Gasteiger partial charge >= 0.3 is 0 Å². The molecule has 1 aromatic carbocycles. The molecule has 0 aliphatic carbocycles. The number of nitrogens with one attached hydrogen (secondary N) is 1. The third-order valence-electron chi connectivity index (χ3n) is 2.65. The van der Waals surface area contributed by atoms with Crippen molar-refractivity contribution in [1.82, 2.24) is 10.2 Å². The topological polar surface area (TPSA) is 28.7 Å². The highest BCUT2D eigenvalue weighted by Crippen LogP contribution is 2.24. The molecule has 16 heavy (non-hydrogen) atoms. The van der Waals surface area contributed by atoms with Crippen LogP contribution in [0.3, 0.4) is 0 Å². The van der Waals surface area contributed by atoms with Crippen molar-refractivity contribution in [3.8, 4) is 11.3 Å². The first-order valence-electron chi connectivity index (χ1n) is 4.91. The maximum Gasteiger partial charge on any atom is 0.122 e. The Morgan fingerprint density at radius 3 is 2.38 bits per heavy atom. The Balaban J connectivity index is 2.61. The smallest absolute Gasteiger partial charge is 0.122 e. The third kappa shape index (κ3) is 2.08. The molecule has 2 nitrogen and oxygen atoms in total. The van der Waals surface area contributed by atoms with Gasteiger partial charge in [-0.15, -0.1) is 0 Å². The molecule has 4 heteroatoms. The lowest BCUT2D eigenvalue weighted by Gasteiger charge is -2.07. The lowest BCUT2D eigenvalue weighted by molar-refractivity contribution is 0.987. The molecule has 0 atom stereocenters. The minimum atomic E-state index is 0.707. The van der Waals surface area contributed by atoms with Crippen molar-refractivity contribution >= 4 is 28.1 Å². The van der Waals surface area contributed by atoms with Gasteiger partial charge in [-0.2, -0.15) is 5.10 Å². The number of benzene rings is 1. The van der Waals surface area contributed by atoms with Gasteiger partial charge in [0.1, 0.15) is 4.64 Å². The van der Waals surface area contributed by atoms with E-state index in [1.165, 1.54) is 0 Å². The molecule has 0 radical (unpaired) electrons. The molecule has 1 aromatic heterocycles. The van der Waals surface area contributed by atoms with Gasteiger partial charge in [0, 0.05) is 10.0 Å². The maximum absolute atomic E-state index is 5.15. The number of hydrogen-bond acceptors (Lipinski definition) is 2. The molecule has 0 spiro atoms. The van der Waals surface area contributed by atoms with Crippen LogP contribution in [0.5, 0.6) is 0 Å². The van der Waals surface area contributed by atoms with Gasteiger partial charge in [-0.3, -0.25) is 5.10 Å². The van der Waals surface area contributed by atoms with Crippen LogP contribution in [0.2, 0.25) is 0 Å². The molecule has 0 fully saturated rings. The van der Waals surface area contributed by atoms with Crippen molar-refractivity contribution in [1.29, 1.82) is 0 Å². The Morgan fingerprint density at radius 2 is 1.75 bits per heavy atom.